The van der Waals surface area contributed by atoms with Crippen LogP contribution >= 0.6 is 0 Å². The fraction of sp³-hybridized carbons (Fsp3) is 0.909. The average molecular weight is 960 g/mol. The fourth-order valence-electron chi connectivity index (χ4n) is 1.83. The number of esters is 1. The third-order valence-corrected chi connectivity index (χ3v) is 3.13. The average Bonchev–Trinajstić information content (AvgIpc) is 2.42. The van der Waals surface area contributed by atoms with E-state index in [9.17, 15) is 15.0 Å². The number of methoxy groups -OCH3 is 1. The van der Waals surface area contributed by atoms with Gasteiger partial charge in [-0.3, -0.25) is 4.79 Å². The minimum Gasteiger partial charge on any atom is -0.468 e. The Bertz CT molecular complexity index is 311. The van der Waals surface area contributed by atoms with Crippen LogP contribution in [0.4, 0.5) is 0 Å². The third kappa shape index (κ3) is 8.97. The first kappa shape index (κ1) is 30.3. The van der Waals surface area contributed by atoms with Gasteiger partial charge in [-0.1, -0.05) is 6.92 Å². The summed E-state index contributed by atoms with van der Waals surface area (Å²) in [7, 11) is 1.21. The Kier molecular flexibility index (Phi) is 21.5. The fourth-order valence-corrected chi connectivity index (χ4v) is 1.83. The number of aliphatic hydroxyl groups is 3. The van der Waals surface area contributed by atoms with Crippen LogP contribution in [-0.4, -0.2) is 72.3 Å². The first-order valence-electron chi connectivity index (χ1n) is 5.99. The molecule has 1 aliphatic rings. The van der Waals surface area contributed by atoms with Crippen LogP contribution in [0.1, 0.15) is 6.92 Å². The molecule has 0 aromatic carbocycles. The summed E-state index contributed by atoms with van der Waals surface area (Å²) in [5.41, 5.74) is 5.50. The van der Waals surface area contributed by atoms with Crippen molar-refractivity contribution in [2.24, 2.45) is 11.7 Å². The molecule has 5 N–H and O–H groups in total. The zero-order valence-electron chi connectivity index (χ0n) is 12.7. The summed E-state index contributed by atoms with van der Waals surface area (Å²) in [5, 5.41) is 28.5. The molecule has 22 heavy (non-hydrogen) atoms. The molecular formula is C11H21Ac3NO7. The van der Waals surface area contributed by atoms with Gasteiger partial charge in [-0.2, -0.15) is 0 Å². The maximum absolute atomic E-state index is 11.1. The topological polar surface area (TPSA) is 131 Å². The molecule has 3 radical (unpaired) electrons. The summed E-state index contributed by atoms with van der Waals surface area (Å²) in [6, 6.07) is -0.961. The summed E-state index contributed by atoms with van der Waals surface area (Å²) >= 11 is 0. The molecule has 1 heterocycles. The van der Waals surface area contributed by atoms with Gasteiger partial charge in [0.25, 0.3) is 0 Å². The molecule has 0 spiro atoms. The Balaban J connectivity index is -0.00000120. The van der Waals surface area contributed by atoms with Gasteiger partial charge in [0.15, 0.2) is 6.29 Å². The van der Waals surface area contributed by atoms with Crippen molar-refractivity contribution < 1.29 is 167 Å². The molecule has 121 valence electrons. The molecule has 6 atom stereocenters. The van der Waals surface area contributed by atoms with Crippen molar-refractivity contribution in [2.75, 3.05) is 20.3 Å². The van der Waals surface area contributed by atoms with Crippen molar-refractivity contribution in [2.45, 2.75) is 37.6 Å². The Labute approximate surface area is 237 Å². The quantitative estimate of drug-likeness (QED) is 0.225. The summed E-state index contributed by atoms with van der Waals surface area (Å²) < 4.78 is 15.0. The molecule has 1 aliphatic heterocycles. The molecule has 1 saturated heterocycles. The Morgan fingerprint density at radius 3 is 2.27 bits per heavy atom. The Hall–Kier alpha value is 3.55. The van der Waals surface area contributed by atoms with Gasteiger partial charge >= 0.3 is 5.97 Å². The molecule has 0 saturated carbocycles. The van der Waals surface area contributed by atoms with Gasteiger partial charge in [-0.05, 0) is 0 Å². The molecule has 11 heteroatoms. The predicted molar refractivity (Wildman–Crippen MR) is 62.9 cm³/mol. The van der Waals surface area contributed by atoms with E-state index in [0.29, 0.717) is 0 Å². The van der Waals surface area contributed by atoms with Gasteiger partial charge in [-0.15, -0.1) is 0 Å². The van der Waals surface area contributed by atoms with E-state index in [1.54, 1.807) is 6.92 Å². The van der Waals surface area contributed by atoms with Gasteiger partial charge in [0.2, 0.25) is 0 Å². The van der Waals surface area contributed by atoms with Crippen molar-refractivity contribution in [3.63, 3.8) is 0 Å². The third-order valence-electron chi connectivity index (χ3n) is 3.13. The van der Waals surface area contributed by atoms with E-state index in [0.717, 1.165) is 0 Å². The van der Waals surface area contributed by atoms with Crippen molar-refractivity contribution in [3.8, 4) is 0 Å². The molecule has 1 fully saturated rings. The maximum Gasteiger partial charge on any atom is 0.325 e. The van der Waals surface area contributed by atoms with Crippen LogP contribution < -0.4 is 5.73 Å². The van der Waals surface area contributed by atoms with Crippen molar-refractivity contribution in [1.82, 2.24) is 0 Å². The van der Waals surface area contributed by atoms with Gasteiger partial charge in [0.1, 0.15) is 18.2 Å². The number of carbonyl (C=O) groups excluding carboxylic acids is 1. The minimum absolute atomic E-state index is 0. The van der Waals surface area contributed by atoms with Crippen LogP contribution in [0.15, 0.2) is 0 Å². The van der Waals surface area contributed by atoms with Crippen LogP contribution in [0.25, 0.3) is 0 Å². The SMILES string of the molecule is COC(=O)C(N)COC1OC(CO)C(O)C(O)C1C.[Ac].[Ac].[Ac]. The number of carbonyl (C=O) groups is 1. The molecule has 0 aromatic heterocycles. The maximum atomic E-state index is 11.1. The second-order valence-corrected chi connectivity index (χ2v) is 4.53. The Morgan fingerprint density at radius 1 is 1.27 bits per heavy atom. The molecule has 6 unspecified atom stereocenters. The number of rotatable bonds is 5. The summed E-state index contributed by atoms with van der Waals surface area (Å²) in [6.07, 6.45) is -4.09. The van der Waals surface area contributed by atoms with E-state index in [-0.39, 0.29) is 139 Å². The largest absolute Gasteiger partial charge is 0.468 e. The van der Waals surface area contributed by atoms with Gasteiger partial charge in [0.05, 0.1) is 26.4 Å². The van der Waals surface area contributed by atoms with E-state index < -0.39 is 49.1 Å². The van der Waals surface area contributed by atoms with Crippen LogP contribution in [0.3, 0.4) is 0 Å². The first-order valence-corrected chi connectivity index (χ1v) is 5.99. The number of hydrogen-bond acceptors (Lipinski definition) is 8. The van der Waals surface area contributed by atoms with Gasteiger partial charge in [0, 0.05) is 138 Å². The van der Waals surface area contributed by atoms with E-state index in [1.165, 1.54) is 7.11 Å². The summed E-state index contributed by atoms with van der Waals surface area (Å²) in [6.45, 7) is 1.02. The predicted octanol–water partition coefficient (Wildman–Crippen LogP) is -2.42. The molecule has 0 amide bonds. The number of nitrogens with two attached hydrogens (primary N) is 1. The molecule has 1 rings (SSSR count). The monoisotopic (exact) mass is 960 g/mol. The van der Waals surface area contributed by atoms with Gasteiger partial charge < -0.3 is 35.3 Å². The number of ether oxygens (including phenoxy) is 3. The number of aliphatic hydroxyl groups excluding tert-OH is 3. The molecular weight excluding hydrogens is 939 g/mol. The van der Waals surface area contributed by atoms with Crippen molar-refractivity contribution in [1.29, 1.82) is 0 Å². The minimum atomic E-state index is -1.19. The zero-order chi connectivity index (χ0) is 14.6. The van der Waals surface area contributed by atoms with Crippen LogP contribution in [0.2, 0.25) is 0 Å². The zero-order valence-corrected chi connectivity index (χ0v) is 26.9. The van der Waals surface area contributed by atoms with E-state index >= 15 is 0 Å². The van der Waals surface area contributed by atoms with E-state index in [4.69, 9.17) is 20.3 Å². The van der Waals surface area contributed by atoms with E-state index in [1.807, 2.05) is 0 Å². The van der Waals surface area contributed by atoms with E-state index in [2.05, 4.69) is 4.74 Å². The normalized spacial score (nSPS) is 31.8. The van der Waals surface area contributed by atoms with Gasteiger partial charge in [-0.25, -0.2) is 0 Å². The molecule has 0 aromatic rings. The van der Waals surface area contributed by atoms with Crippen LogP contribution in [0, 0.1) is 138 Å². The van der Waals surface area contributed by atoms with Crippen LogP contribution in [-0.2, 0) is 19.0 Å². The second-order valence-electron chi connectivity index (χ2n) is 4.53. The summed E-state index contributed by atoms with van der Waals surface area (Å²) in [4.78, 5) is 11.1. The van der Waals surface area contributed by atoms with Crippen LogP contribution in [0.5, 0.6) is 0 Å². The second kappa shape index (κ2) is 15.6. The molecule has 0 aliphatic carbocycles. The molecule has 8 nitrogen and oxygen atoms in total. The van der Waals surface area contributed by atoms with Crippen molar-refractivity contribution >= 4 is 5.97 Å². The number of hydrogen-bond donors (Lipinski definition) is 4. The van der Waals surface area contributed by atoms with Crippen molar-refractivity contribution in [3.05, 3.63) is 0 Å². The molecule has 0 bridgehead atoms. The summed E-state index contributed by atoms with van der Waals surface area (Å²) in [5.74, 6) is -1.15. The smallest absolute Gasteiger partial charge is 0.325 e. The Morgan fingerprint density at radius 2 is 1.82 bits per heavy atom. The first-order chi connectivity index (χ1) is 8.92. The standard InChI is InChI=1S/C11H21NO7.3Ac/c1-5-8(14)9(15)7(3-13)19-11(5)18-4-6(12)10(16)17-2;;;/h5-9,11,13-15H,3-4,12H2,1-2H3;;;.